The number of nitrogens with one attached hydrogen (secondary N) is 2. The third kappa shape index (κ3) is 8.51. The minimum absolute atomic E-state index is 0.0426. The summed E-state index contributed by atoms with van der Waals surface area (Å²) in [5.74, 6) is 0.329. The number of hydrogen-bond donors (Lipinski definition) is 2. The van der Waals surface area contributed by atoms with Crippen LogP contribution in [0.1, 0.15) is 66.5 Å². The lowest BCUT2D eigenvalue weighted by Gasteiger charge is -2.34. The molecule has 1 aliphatic carbocycles. The molecule has 2 aliphatic rings. The summed E-state index contributed by atoms with van der Waals surface area (Å²) in [6.45, 7) is 2.58. The Kier molecular flexibility index (Phi) is 9.45. The van der Waals surface area contributed by atoms with Crippen molar-refractivity contribution in [1.29, 1.82) is 0 Å². The number of halogens is 9. The summed E-state index contributed by atoms with van der Waals surface area (Å²) in [6, 6.07) is 3.80. The fraction of sp³-hybridized carbons (Fsp3) is 0.500. The van der Waals surface area contributed by atoms with E-state index in [9.17, 15) is 44.3 Å². The molecule has 0 radical (unpaired) electrons. The summed E-state index contributed by atoms with van der Waals surface area (Å²) in [5, 5.41) is 6.12. The van der Waals surface area contributed by atoms with E-state index in [4.69, 9.17) is 0 Å². The van der Waals surface area contributed by atoms with Crippen molar-refractivity contribution in [3.05, 3.63) is 64.2 Å². The molecule has 4 rings (SSSR count). The molecule has 1 saturated carbocycles. The predicted octanol–water partition coefficient (Wildman–Crippen LogP) is 7.74. The first-order valence-corrected chi connectivity index (χ1v) is 12.2. The van der Waals surface area contributed by atoms with Crippen molar-refractivity contribution >= 4 is 12.2 Å². The highest BCUT2D eigenvalue weighted by molar-refractivity contribution is 5.57. The molecule has 1 aliphatic heterocycles. The van der Waals surface area contributed by atoms with Crippen molar-refractivity contribution in [3.8, 4) is 0 Å². The number of rotatable bonds is 7. The van der Waals surface area contributed by atoms with E-state index in [1.165, 1.54) is 6.07 Å². The van der Waals surface area contributed by atoms with Gasteiger partial charge in [0, 0.05) is 24.3 Å². The van der Waals surface area contributed by atoms with Gasteiger partial charge in [-0.1, -0.05) is 6.92 Å². The average Bonchev–Trinajstić information content (AvgIpc) is 3.70. The van der Waals surface area contributed by atoms with E-state index in [1.807, 2.05) is 6.92 Å². The molecule has 2 N–H and O–H groups in total. The van der Waals surface area contributed by atoms with E-state index in [-0.39, 0.29) is 29.8 Å². The number of benzene rings is 2. The smallest absolute Gasteiger partial charge is 0.416 e. The van der Waals surface area contributed by atoms with Crippen LogP contribution in [-0.2, 0) is 34.6 Å². The number of carbonyl (C=O) groups excluding carboxylic acids is 1. The van der Waals surface area contributed by atoms with Crippen LogP contribution in [0, 0.1) is 5.92 Å². The zero-order chi connectivity index (χ0) is 29.0. The van der Waals surface area contributed by atoms with Gasteiger partial charge in [0.05, 0.1) is 23.3 Å². The van der Waals surface area contributed by atoms with Crippen LogP contribution in [0.3, 0.4) is 0 Å². The summed E-state index contributed by atoms with van der Waals surface area (Å²) in [4.78, 5) is 9.34. The molecule has 13 heteroatoms. The normalized spacial score (nSPS) is 19.3. The minimum atomic E-state index is -4.98. The predicted molar refractivity (Wildman–Crippen MR) is 125 cm³/mol. The number of anilines is 1. The summed E-state index contributed by atoms with van der Waals surface area (Å²) in [6.07, 6.45) is -11.4. The molecule has 0 amide bonds. The van der Waals surface area contributed by atoms with Crippen molar-refractivity contribution in [2.24, 2.45) is 5.92 Å². The molecule has 0 aromatic heterocycles. The van der Waals surface area contributed by atoms with Crippen molar-refractivity contribution in [2.45, 2.75) is 69.8 Å². The molecule has 0 saturated heterocycles. The number of ether oxygens (including phenoxy) is 1. The summed E-state index contributed by atoms with van der Waals surface area (Å²) >= 11 is 0. The molecule has 2 aromatic rings. The monoisotopic (exact) mass is 570 g/mol. The van der Waals surface area contributed by atoms with Gasteiger partial charge in [-0.2, -0.15) is 39.5 Å². The number of alkyl halides is 9. The van der Waals surface area contributed by atoms with Gasteiger partial charge in [0.25, 0.3) is 6.47 Å². The lowest BCUT2D eigenvalue weighted by atomic mass is 9.89. The molecule has 216 valence electrons. The average molecular weight is 570 g/mol. The highest BCUT2D eigenvalue weighted by Crippen LogP contribution is 2.44. The van der Waals surface area contributed by atoms with Crippen LogP contribution < -0.4 is 10.6 Å². The van der Waals surface area contributed by atoms with Crippen LogP contribution in [0.25, 0.3) is 0 Å². The molecular weight excluding hydrogens is 543 g/mol. The number of hydrogen-bond acceptors (Lipinski definition) is 4. The molecule has 0 bridgehead atoms. The van der Waals surface area contributed by atoms with Crippen LogP contribution >= 0.6 is 0 Å². The largest absolute Gasteiger partial charge is 0.468 e. The van der Waals surface area contributed by atoms with Gasteiger partial charge in [-0.25, -0.2) is 0 Å². The third-order valence-corrected chi connectivity index (χ3v) is 6.37. The van der Waals surface area contributed by atoms with Gasteiger partial charge in [-0.3, -0.25) is 4.79 Å². The standard InChI is InChI=1S/C22H19F9N2.C4H8O2/c23-20(24,25)13-3-4-17-16(8-13)19(9-18(33-17)12-1-2-12)32-10-11-5-14(21(26,27)28)7-15(6-11)22(29,30)31;1-2-3-6-4-5/h3-8,12,18-19,32-33H,1-2,9-10H2;4H,2-3H2,1H3. The van der Waals surface area contributed by atoms with Crippen LogP contribution in [0.2, 0.25) is 0 Å². The number of carbonyl (C=O) groups is 1. The van der Waals surface area contributed by atoms with Crippen molar-refractivity contribution in [3.63, 3.8) is 0 Å². The molecule has 1 fully saturated rings. The van der Waals surface area contributed by atoms with Gasteiger partial charge in [-0.15, -0.1) is 0 Å². The summed E-state index contributed by atoms with van der Waals surface area (Å²) < 4.78 is 123. The molecule has 2 atom stereocenters. The first-order valence-electron chi connectivity index (χ1n) is 12.2. The second kappa shape index (κ2) is 12.1. The van der Waals surface area contributed by atoms with Gasteiger partial charge >= 0.3 is 18.5 Å². The number of fused-ring (bicyclic) bond motifs is 1. The Morgan fingerprint density at radius 3 is 1.95 bits per heavy atom. The molecule has 2 unspecified atom stereocenters. The fourth-order valence-electron chi connectivity index (χ4n) is 4.33. The Morgan fingerprint density at radius 2 is 1.49 bits per heavy atom. The van der Waals surface area contributed by atoms with E-state index >= 15 is 0 Å². The van der Waals surface area contributed by atoms with E-state index < -0.39 is 41.3 Å². The third-order valence-electron chi connectivity index (χ3n) is 6.37. The van der Waals surface area contributed by atoms with Gasteiger partial charge in [0.2, 0.25) is 0 Å². The van der Waals surface area contributed by atoms with E-state index in [0.717, 1.165) is 31.4 Å². The SMILES string of the molecule is CCCOC=O.FC(F)(F)c1cc(CNC2CC(C3CC3)Nc3ccc(C(F)(F)F)cc32)cc(C(F)(F)F)c1. The van der Waals surface area contributed by atoms with E-state index in [0.29, 0.717) is 43.2 Å². The Bertz CT molecular complexity index is 1090. The van der Waals surface area contributed by atoms with Crippen LogP contribution in [-0.4, -0.2) is 19.1 Å². The van der Waals surface area contributed by atoms with E-state index in [2.05, 4.69) is 15.4 Å². The van der Waals surface area contributed by atoms with Crippen molar-refractivity contribution < 1.29 is 49.0 Å². The first-order chi connectivity index (χ1) is 18.1. The van der Waals surface area contributed by atoms with Crippen LogP contribution in [0.4, 0.5) is 45.2 Å². The molecule has 0 spiro atoms. The highest BCUT2D eigenvalue weighted by Gasteiger charge is 2.40. The summed E-state index contributed by atoms with van der Waals surface area (Å²) in [7, 11) is 0. The van der Waals surface area contributed by atoms with Gasteiger partial charge < -0.3 is 15.4 Å². The molecule has 1 heterocycles. The minimum Gasteiger partial charge on any atom is -0.468 e. The van der Waals surface area contributed by atoms with Gasteiger partial charge in [0.15, 0.2) is 0 Å². The molecule has 2 aromatic carbocycles. The maximum Gasteiger partial charge on any atom is 0.416 e. The topological polar surface area (TPSA) is 50.4 Å². The van der Waals surface area contributed by atoms with Gasteiger partial charge in [-0.05, 0) is 79.1 Å². The van der Waals surface area contributed by atoms with Crippen molar-refractivity contribution in [1.82, 2.24) is 5.32 Å². The summed E-state index contributed by atoms with van der Waals surface area (Å²) in [5.41, 5.74) is -3.25. The van der Waals surface area contributed by atoms with Crippen molar-refractivity contribution in [2.75, 3.05) is 11.9 Å². The van der Waals surface area contributed by atoms with E-state index in [1.54, 1.807) is 0 Å². The Hall–Kier alpha value is -2.96. The lowest BCUT2D eigenvalue weighted by Crippen LogP contribution is -2.36. The Morgan fingerprint density at radius 1 is 0.897 bits per heavy atom. The fourth-order valence-corrected chi connectivity index (χ4v) is 4.33. The maximum atomic E-state index is 13.2. The second-order valence-electron chi connectivity index (χ2n) is 9.44. The zero-order valence-corrected chi connectivity index (χ0v) is 20.7. The second-order valence-corrected chi connectivity index (χ2v) is 9.44. The van der Waals surface area contributed by atoms with Crippen LogP contribution in [0.5, 0.6) is 0 Å². The quantitative estimate of drug-likeness (QED) is 0.203. The lowest BCUT2D eigenvalue weighted by molar-refractivity contribution is -0.143. The zero-order valence-electron chi connectivity index (χ0n) is 20.7. The Balaban J connectivity index is 0.000000631. The van der Waals surface area contributed by atoms with Gasteiger partial charge in [0.1, 0.15) is 0 Å². The van der Waals surface area contributed by atoms with Crippen LogP contribution in [0.15, 0.2) is 36.4 Å². The molecular formula is C26H27F9N2O2. The Labute approximate surface area is 218 Å². The molecule has 39 heavy (non-hydrogen) atoms. The maximum absolute atomic E-state index is 13.2. The first kappa shape index (κ1) is 30.6. The molecule has 4 nitrogen and oxygen atoms in total. The highest BCUT2D eigenvalue weighted by atomic mass is 19.4.